The average molecular weight is 280 g/mol. The van der Waals surface area contributed by atoms with E-state index in [2.05, 4.69) is 10.6 Å². The second-order valence-electron chi connectivity index (χ2n) is 5.21. The molecule has 0 aliphatic carbocycles. The molecule has 0 spiro atoms. The Kier molecular flexibility index (Phi) is 4.37. The number of nitrogens with one attached hydrogen (secondary N) is 2. The van der Waals surface area contributed by atoms with Gasteiger partial charge in [-0.3, -0.25) is 4.79 Å². The van der Waals surface area contributed by atoms with Gasteiger partial charge in [0.15, 0.2) is 0 Å². The lowest BCUT2D eigenvalue weighted by Crippen LogP contribution is -2.47. The quantitative estimate of drug-likeness (QED) is 0.760. The number of hydrogen-bond acceptors (Lipinski definition) is 4. The minimum atomic E-state index is -0.861. The molecule has 1 aliphatic heterocycles. The van der Waals surface area contributed by atoms with Crippen LogP contribution in [0.15, 0.2) is 24.3 Å². The lowest BCUT2D eigenvalue weighted by Gasteiger charge is -2.23. The summed E-state index contributed by atoms with van der Waals surface area (Å²) in [5.74, 6) is 0.545. The highest BCUT2D eigenvalue weighted by Gasteiger charge is 2.28. The largest absolute Gasteiger partial charge is 0.387 e. The van der Waals surface area contributed by atoms with Gasteiger partial charge in [-0.1, -0.05) is 18.2 Å². The highest BCUT2D eigenvalue weighted by molar-refractivity contribution is 7.98. The number of benzene rings is 1. The van der Waals surface area contributed by atoms with Crippen LogP contribution in [0.25, 0.3) is 0 Å². The summed E-state index contributed by atoms with van der Waals surface area (Å²) in [6.07, 6.45) is 2.64. The average Bonchev–Trinajstić information content (AvgIpc) is 2.79. The van der Waals surface area contributed by atoms with Gasteiger partial charge < -0.3 is 15.7 Å². The summed E-state index contributed by atoms with van der Waals surface area (Å²) in [4.78, 5) is 12.1. The van der Waals surface area contributed by atoms with E-state index >= 15 is 0 Å². The molecule has 0 fully saturated rings. The Labute approximate surface area is 118 Å². The smallest absolute Gasteiger partial charge is 0.242 e. The van der Waals surface area contributed by atoms with Crippen molar-refractivity contribution < 1.29 is 9.90 Å². The standard InChI is InChI=1S/C14H20N2O2S/c1-14(18,9-19-2)8-15-13(17)12-7-10-5-3-4-6-11(10)16-12/h3-6,12,16,18H,7-9H2,1-2H3,(H,15,17). The number of anilines is 1. The number of rotatable bonds is 5. The van der Waals surface area contributed by atoms with Crippen molar-refractivity contribution in [1.29, 1.82) is 0 Å². The van der Waals surface area contributed by atoms with Crippen LogP contribution in [0.2, 0.25) is 0 Å². The molecule has 0 radical (unpaired) electrons. The monoisotopic (exact) mass is 280 g/mol. The molecule has 104 valence electrons. The predicted octanol–water partition coefficient (Wildman–Crippen LogP) is 1.25. The molecule has 0 saturated heterocycles. The normalized spacial score (nSPS) is 20.3. The molecule has 0 aromatic heterocycles. The Bertz CT molecular complexity index is 438. The number of aliphatic hydroxyl groups is 1. The third-order valence-electron chi connectivity index (χ3n) is 3.19. The molecular formula is C14H20N2O2S. The fourth-order valence-electron chi connectivity index (χ4n) is 2.22. The molecule has 2 unspecified atom stereocenters. The maximum Gasteiger partial charge on any atom is 0.242 e. The summed E-state index contributed by atoms with van der Waals surface area (Å²) in [6.45, 7) is 2.02. The fourth-order valence-corrected chi connectivity index (χ4v) is 2.94. The van der Waals surface area contributed by atoms with Crippen molar-refractivity contribution in [3.63, 3.8) is 0 Å². The molecule has 0 saturated carbocycles. The summed E-state index contributed by atoms with van der Waals surface area (Å²) in [6, 6.07) is 7.70. The SMILES string of the molecule is CSCC(C)(O)CNC(=O)C1Cc2ccccc2N1. The first-order valence-electron chi connectivity index (χ1n) is 6.35. The van der Waals surface area contributed by atoms with Crippen LogP contribution < -0.4 is 10.6 Å². The zero-order chi connectivity index (χ0) is 13.9. The Morgan fingerprint density at radius 3 is 3.00 bits per heavy atom. The number of para-hydroxylation sites is 1. The van der Waals surface area contributed by atoms with Crippen molar-refractivity contribution in [2.45, 2.75) is 25.0 Å². The lowest BCUT2D eigenvalue weighted by atomic mass is 10.1. The molecule has 0 bridgehead atoms. The highest BCUT2D eigenvalue weighted by Crippen LogP contribution is 2.25. The van der Waals surface area contributed by atoms with E-state index in [1.54, 1.807) is 18.7 Å². The van der Waals surface area contributed by atoms with Gasteiger partial charge in [0.2, 0.25) is 5.91 Å². The number of fused-ring (bicyclic) bond motifs is 1. The molecule has 1 aliphatic rings. The molecule has 19 heavy (non-hydrogen) atoms. The Morgan fingerprint density at radius 1 is 1.58 bits per heavy atom. The Hall–Kier alpha value is -1.20. The van der Waals surface area contributed by atoms with Gasteiger partial charge in [-0.2, -0.15) is 11.8 Å². The second-order valence-corrected chi connectivity index (χ2v) is 6.07. The van der Waals surface area contributed by atoms with Gasteiger partial charge >= 0.3 is 0 Å². The van der Waals surface area contributed by atoms with Gasteiger partial charge in [-0.25, -0.2) is 0 Å². The van der Waals surface area contributed by atoms with E-state index in [1.807, 2.05) is 30.5 Å². The van der Waals surface area contributed by atoms with E-state index in [-0.39, 0.29) is 18.5 Å². The van der Waals surface area contributed by atoms with Crippen LogP contribution in [0.5, 0.6) is 0 Å². The van der Waals surface area contributed by atoms with Crippen LogP contribution in [-0.2, 0) is 11.2 Å². The fraction of sp³-hybridized carbons (Fsp3) is 0.500. The topological polar surface area (TPSA) is 61.4 Å². The van der Waals surface area contributed by atoms with Crippen molar-refractivity contribution in [1.82, 2.24) is 5.32 Å². The molecule has 1 amide bonds. The zero-order valence-corrected chi connectivity index (χ0v) is 12.1. The van der Waals surface area contributed by atoms with E-state index in [1.165, 1.54) is 5.56 Å². The van der Waals surface area contributed by atoms with Crippen molar-refractivity contribution in [2.75, 3.05) is 23.9 Å². The summed E-state index contributed by atoms with van der Waals surface area (Å²) >= 11 is 1.57. The van der Waals surface area contributed by atoms with Crippen LogP contribution in [0, 0.1) is 0 Å². The van der Waals surface area contributed by atoms with Gasteiger partial charge in [0.1, 0.15) is 6.04 Å². The summed E-state index contributed by atoms with van der Waals surface area (Å²) in [7, 11) is 0. The molecular weight excluding hydrogens is 260 g/mol. The van der Waals surface area contributed by atoms with Crippen molar-refractivity contribution in [3.8, 4) is 0 Å². The summed E-state index contributed by atoms with van der Waals surface area (Å²) in [5, 5.41) is 16.0. The second kappa shape index (κ2) is 5.84. The van der Waals surface area contributed by atoms with E-state index < -0.39 is 5.60 Å². The summed E-state index contributed by atoms with van der Waals surface area (Å²) < 4.78 is 0. The third-order valence-corrected chi connectivity index (χ3v) is 4.10. The molecule has 2 rings (SSSR count). The van der Waals surface area contributed by atoms with E-state index in [0.717, 1.165) is 5.69 Å². The lowest BCUT2D eigenvalue weighted by molar-refractivity contribution is -0.122. The summed E-state index contributed by atoms with van der Waals surface area (Å²) in [5.41, 5.74) is 1.33. The molecule has 1 aromatic rings. The molecule has 5 heteroatoms. The maximum absolute atomic E-state index is 12.1. The maximum atomic E-state index is 12.1. The van der Waals surface area contributed by atoms with Gasteiger partial charge in [-0.15, -0.1) is 0 Å². The van der Waals surface area contributed by atoms with Crippen LogP contribution in [-0.4, -0.2) is 41.2 Å². The van der Waals surface area contributed by atoms with Gasteiger partial charge in [-0.05, 0) is 24.8 Å². The van der Waals surface area contributed by atoms with Crippen molar-refractivity contribution in [2.24, 2.45) is 0 Å². The predicted molar refractivity (Wildman–Crippen MR) is 79.6 cm³/mol. The number of amides is 1. The Morgan fingerprint density at radius 2 is 2.32 bits per heavy atom. The molecule has 3 N–H and O–H groups in total. The van der Waals surface area contributed by atoms with Crippen molar-refractivity contribution in [3.05, 3.63) is 29.8 Å². The highest BCUT2D eigenvalue weighted by atomic mass is 32.2. The Balaban J connectivity index is 1.86. The minimum absolute atomic E-state index is 0.0578. The van der Waals surface area contributed by atoms with E-state index in [9.17, 15) is 9.90 Å². The molecule has 1 aromatic carbocycles. The van der Waals surface area contributed by atoms with Crippen molar-refractivity contribution >= 4 is 23.4 Å². The number of carbonyl (C=O) groups is 1. The van der Waals surface area contributed by atoms with Crippen LogP contribution in [0.4, 0.5) is 5.69 Å². The van der Waals surface area contributed by atoms with E-state index in [0.29, 0.717) is 12.2 Å². The van der Waals surface area contributed by atoms with Gasteiger partial charge in [0.05, 0.1) is 5.60 Å². The van der Waals surface area contributed by atoms with Crippen LogP contribution in [0.3, 0.4) is 0 Å². The molecule has 1 heterocycles. The number of hydrogen-bond donors (Lipinski definition) is 3. The molecule has 2 atom stereocenters. The first-order chi connectivity index (χ1) is 9.02. The minimum Gasteiger partial charge on any atom is -0.387 e. The molecule has 4 nitrogen and oxygen atoms in total. The number of thioether (sulfide) groups is 1. The number of carbonyl (C=O) groups excluding carboxylic acids is 1. The van der Waals surface area contributed by atoms with Gasteiger partial charge in [0, 0.05) is 24.4 Å². The first-order valence-corrected chi connectivity index (χ1v) is 7.75. The zero-order valence-electron chi connectivity index (χ0n) is 11.3. The van der Waals surface area contributed by atoms with Crippen LogP contribution in [0.1, 0.15) is 12.5 Å². The third kappa shape index (κ3) is 3.64. The van der Waals surface area contributed by atoms with Crippen LogP contribution >= 0.6 is 11.8 Å². The van der Waals surface area contributed by atoms with Gasteiger partial charge in [0.25, 0.3) is 0 Å². The van der Waals surface area contributed by atoms with E-state index in [4.69, 9.17) is 0 Å². The first kappa shape index (κ1) is 14.2.